The van der Waals surface area contributed by atoms with Crippen LogP contribution in [0, 0.1) is 5.82 Å². The van der Waals surface area contributed by atoms with E-state index in [1.807, 2.05) is 0 Å². The SMILES string of the molecule is O=C(O)C=Cc1ccc(C(F)(F)Oc2ccc(OCCCCCC(F)(F)F)cc2F)cc1. The Kier molecular flexibility index (Phi) is 8.56. The van der Waals surface area contributed by atoms with Gasteiger partial charge in [-0.2, -0.15) is 22.0 Å². The first-order valence-corrected chi connectivity index (χ1v) is 9.54. The number of unbranched alkanes of at least 4 members (excludes halogenated alkanes) is 2. The number of rotatable bonds is 11. The number of carbonyl (C=O) groups is 1. The molecule has 0 radical (unpaired) electrons. The van der Waals surface area contributed by atoms with Gasteiger partial charge in [-0.15, -0.1) is 0 Å². The van der Waals surface area contributed by atoms with Crippen LogP contribution in [0.5, 0.6) is 11.5 Å². The Labute approximate surface area is 180 Å². The third-order valence-corrected chi connectivity index (χ3v) is 4.18. The maximum Gasteiger partial charge on any atom is 0.426 e. The van der Waals surface area contributed by atoms with Crippen LogP contribution in [-0.2, 0) is 10.9 Å². The van der Waals surface area contributed by atoms with Gasteiger partial charge in [0.2, 0.25) is 0 Å². The number of benzene rings is 2. The third-order valence-electron chi connectivity index (χ3n) is 4.18. The molecule has 174 valence electrons. The predicted octanol–water partition coefficient (Wildman–Crippen LogP) is 6.55. The number of hydrogen-bond donors (Lipinski definition) is 1. The molecule has 0 aliphatic carbocycles. The average Bonchev–Trinajstić information content (AvgIpc) is 2.70. The highest BCUT2D eigenvalue weighted by Gasteiger charge is 2.35. The molecule has 1 N–H and O–H groups in total. The molecule has 0 aromatic heterocycles. The second kappa shape index (κ2) is 10.9. The fraction of sp³-hybridized carbons (Fsp3) is 0.318. The standard InChI is InChI=1S/C22H20F6O4/c23-18-14-17(31-13-3-1-2-12-21(24,25)26)9-10-19(18)32-22(27,28)16-7-4-15(5-8-16)6-11-20(29)30/h4-11,14H,1-3,12-13H2,(H,29,30). The first kappa shape index (κ1) is 25.1. The molecular weight excluding hydrogens is 442 g/mol. The first-order chi connectivity index (χ1) is 15.0. The van der Waals surface area contributed by atoms with Gasteiger partial charge >= 0.3 is 18.3 Å². The van der Waals surface area contributed by atoms with Gasteiger partial charge in [0, 0.05) is 18.6 Å². The molecule has 0 heterocycles. The van der Waals surface area contributed by atoms with E-state index in [1.54, 1.807) is 0 Å². The number of aliphatic carboxylic acids is 1. The summed E-state index contributed by atoms with van der Waals surface area (Å²) >= 11 is 0. The molecule has 0 aliphatic heterocycles. The molecule has 0 saturated heterocycles. The highest BCUT2D eigenvalue weighted by molar-refractivity contribution is 5.85. The summed E-state index contributed by atoms with van der Waals surface area (Å²) in [5, 5.41) is 8.57. The van der Waals surface area contributed by atoms with Crippen LogP contribution >= 0.6 is 0 Å². The molecule has 0 amide bonds. The predicted molar refractivity (Wildman–Crippen MR) is 104 cm³/mol. The molecule has 32 heavy (non-hydrogen) atoms. The van der Waals surface area contributed by atoms with Gasteiger partial charge in [0.05, 0.1) is 12.2 Å². The van der Waals surface area contributed by atoms with Crippen LogP contribution in [0.15, 0.2) is 48.5 Å². The molecular formula is C22H20F6O4. The number of hydrogen-bond acceptors (Lipinski definition) is 3. The Bertz CT molecular complexity index is 923. The van der Waals surface area contributed by atoms with Gasteiger partial charge in [0.25, 0.3) is 0 Å². The largest absolute Gasteiger partial charge is 0.493 e. The number of carboxylic acids is 1. The summed E-state index contributed by atoms with van der Waals surface area (Å²) in [7, 11) is 0. The van der Waals surface area contributed by atoms with Crippen molar-refractivity contribution in [2.75, 3.05) is 6.61 Å². The van der Waals surface area contributed by atoms with E-state index < -0.39 is 41.8 Å². The van der Waals surface area contributed by atoms with Crippen molar-refractivity contribution in [3.8, 4) is 11.5 Å². The van der Waals surface area contributed by atoms with Gasteiger partial charge in [0.15, 0.2) is 11.6 Å². The van der Waals surface area contributed by atoms with E-state index in [0.717, 1.165) is 30.3 Å². The van der Waals surface area contributed by atoms with Crippen molar-refractivity contribution >= 4 is 12.0 Å². The maximum absolute atomic E-state index is 14.4. The Hall–Kier alpha value is -3.17. The lowest BCUT2D eigenvalue weighted by molar-refractivity contribution is -0.187. The smallest absolute Gasteiger partial charge is 0.426 e. The topological polar surface area (TPSA) is 55.8 Å². The van der Waals surface area contributed by atoms with Crippen LogP contribution in [0.1, 0.15) is 36.8 Å². The molecule has 0 aliphatic rings. The molecule has 2 rings (SSSR count). The van der Waals surface area contributed by atoms with Crippen LogP contribution in [0.4, 0.5) is 26.3 Å². The summed E-state index contributed by atoms with van der Waals surface area (Å²) in [6.07, 6.45) is -6.32. The Morgan fingerprint density at radius 2 is 1.66 bits per heavy atom. The van der Waals surface area contributed by atoms with Crippen molar-refractivity contribution in [2.24, 2.45) is 0 Å². The summed E-state index contributed by atoms with van der Waals surface area (Å²) in [4.78, 5) is 10.5. The highest BCUT2D eigenvalue weighted by atomic mass is 19.4. The lowest BCUT2D eigenvalue weighted by atomic mass is 10.1. The van der Waals surface area contributed by atoms with Crippen molar-refractivity contribution < 1.29 is 45.7 Å². The summed E-state index contributed by atoms with van der Waals surface area (Å²) < 4.78 is 88.8. The van der Waals surface area contributed by atoms with Crippen molar-refractivity contribution in [3.63, 3.8) is 0 Å². The molecule has 2 aromatic rings. The second-order valence-corrected chi connectivity index (χ2v) is 6.78. The normalized spacial score (nSPS) is 12.2. The quantitative estimate of drug-likeness (QED) is 0.234. The van der Waals surface area contributed by atoms with Gasteiger partial charge in [-0.05, 0) is 55.2 Å². The zero-order valence-corrected chi connectivity index (χ0v) is 16.7. The minimum Gasteiger partial charge on any atom is -0.493 e. The van der Waals surface area contributed by atoms with Gasteiger partial charge in [-0.1, -0.05) is 12.1 Å². The average molecular weight is 462 g/mol. The lowest BCUT2D eigenvalue weighted by Crippen LogP contribution is -2.22. The van der Waals surface area contributed by atoms with Crippen LogP contribution in [0.25, 0.3) is 6.08 Å². The van der Waals surface area contributed by atoms with Gasteiger partial charge in [0.1, 0.15) is 5.75 Å². The lowest BCUT2D eigenvalue weighted by Gasteiger charge is -2.19. The van der Waals surface area contributed by atoms with Gasteiger partial charge in [-0.25, -0.2) is 9.18 Å². The molecule has 0 unspecified atom stereocenters. The van der Waals surface area contributed by atoms with Crippen molar-refractivity contribution in [1.29, 1.82) is 0 Å². The number of alkyl halides is 5. The summed E-state index contributed by atoms with van der Waals surface area (Å²) in [6, 6.07) is 7.59. The zero-order chi connectivity index (χ0) is 23.8. The second-order valence-electron chi connectivity index (χ2n) is 6.78. The molecule has 10 heteroatoms. The third kappa shape index (κ3) is 8.52. The molecule has 4 nitrogen and oxygen atoms in total. The van der Waals surface area contributed by atoms with Crippen LogP contribution in [-0.4, -0.2) is 23.9 Å². The number of ether oxygens (including phenoxy) is 2. The van der Waals surface area contributed by atoms with Crippen molar-refractivity contribution in [3.05, 3.63) is 65.5 Å². The highest BCUT2D eigenvalue weighted by Crippen LogP contribution is 2.34. The van der Waals surface area contributed by atoms with E-state index in [0.29, 0.717) is 12.0 Å². The maximum atomic E-state index is 14.4. The number of carboxylic acid groups (broad SMARTS) is 1. The fourth-order valence-corrected chi connectivity index (χ4v) is 2.60. The van der Waals surface area contributed by atoms with E-state index in [4.69, 9.17) is 9.84 Å². The Balaban J connectivity index is 1.91. The Morgan fingerprint density at radius 3 is 2.25 bits per heavy atom. The van der Waals surface area contributed by atoms with Gasteiger partial charge < -0.3 is 14.6 Å². The molecule has 2 aromatic carbocycles. The Morgan fingerprint density at radius 1 is 0.969 bits per heavy atom. The summed E-state index contributed by atoms with van der Waals surface area (Å²) in [6.45, 7) is 0.0519. The van der Waals surface area contributed by atoms with E-state index >= 15 is 0 Å². The molecule has 0 saturated carbocycles. The van der Waals surface area contributed by atoms with E-state index in [1.165, 1.54) is 24.3 Å². The summed E-state index contributed by atoms with van der Waals surface area (Å²) in [5.41, 5.74) is -0.193. The van der Waals surface area contributed by atoms with Crippen LogP contribution in [0.2, 0.25) is 0 Å². The summed E-state index contributed by atoms with van der Waals surface area (Å²) in [5.74, 6) is -2.97. The molecule has 0 atom stereocenters. The van der Waals surface area contributed by atoms with Gasteiger partial charge in [-0.3, -0.25) is 0 Å². The minimum absolute atomic E-state index is 0.0311. The fourth-order valence-electron chi connectivity index (χ4n) is 2.60. The van der Waals surface area contributed by atoms with Crippen LogP contribution < -0.4 is 9.47 Å². The van der Waals surface area contributed by atoms with E-state index in [9.17, 15) is 31.1 Å². The van der Waals surface area contributed by atoms with E-state index in [2.05, 4.69) is 4.74 Å². The van der Waals surface area contributed by atoms with Crippen LogP contribution in [0.3, 0.4) is 0 Å². The van der Waals surface area contributed by atoms with E-state index in [-0.39, 0.29) is 25.2 Å². The first-order valence-electron chi connectivity index (χ1n) is 9.54. The molecule has 0 bridgehead atoms. The number of halogens is 6. The van der Waals surface area contributed by atoms with Crippen molar-refractivity contribution in [2.45, 2.75) is 38.0 Å². The zero-order valence-electron chi connectivity index (χ0n) is 16.7. The van der Waals surface area contributed by atoms with Crippen molar-refractivity contribution in [1.82, 2.24) is 0 Å². The monoisotopic (exact) mass is 462 g/mol. The molecule has 0 spiro atoms. The molecule has 0 fully saturated rings. The minimum atomic E-state index is -4.21.